The highest BCUT2D eigenvalue weighted by molar-refractivity contribution is 5.89. The van der Waals surface area contributed by atoms with Crippen molar-refractivity contribution in [3.63, 3.8) is 0 Å². The third-order valence-corrected chi connectivity index (χ3v) is 2.21. The highest BCUT2D eigenvalue weighted by Gasteiger charge is 2.38. The predicted octanol–water partition coefficient (Wildman–Crippen LogP) is 1.06. The van der Waals surface area contributed by atoms with Crippen LogP contribution in [-0.2, 0) is 19.1 Å². The maximum atomic E-state index is 11.2. The smallest absolute Gasteiger partial charge is 0.347 e. The number of hydrogen-bond acceptors (Lipinski definition) is 4. The van der Waals surface area contributed by atoms with E-state index in [1.807, 2.05) is 6.92 Å². The second-order valence-electron chi connectivity index (χ2n) is 3.40. The quantitative estimate of drug-likeness (QED) is 0.502. The number of esters is 2. The van der Waals surface area contributed by atoms with Crippen molar-refractivity contribution >= 4 is 11.9 Å². The van der Waals surface area contributed by atoms with Crippen molar-refractivity contribution < 1.29 is 19.1 Å². The summed E-state index contributed by atoms with van der Waals surface area (Å²) in [4.78, 5) is 22.3. The van der Waals surface area contributed by atoms with Crippen LogP contribution in [0.1, 0.15) is 20.3 Å². The molecule has 0 aliphatic carbocycles. The van der Waals surface area contributed by atoms with E-state index in [1.54, 1.807) is 6.92 Å². The molecular weight excluding hydrogens is 184 g/mol. The molecule has 0 N–H and O–H groups in total. The lowest BCUT2D eigenvalue weighted by Gasteiger charge is -2.13. The maximum absolute atomic E-state index is 11.2. The first-order valence-electron chi connectivity index (χ1n) is 4.59. The van der Waals surface area contributed by atoms with Crippen molar-refractivity contribution in [1.82, 2.24) is 0 Å². The molecule has 0 aromatic heterocycles. The van der Waals surface area contributed by atoms with Gasteiger partial charge in [0.1, 0.15) is 0 Å². The minimum atomic E-state index is -0.746. The second kappa shape index (κ2) is 4.26. The van der Waals surface area contributed by atoms with Crippen LogP contribution >= 0.6 is 0 Å². The van der Waals surface area contributed by atoms with Gasteiger partial charge < -0.3 is 9.47 Å². The fourth-order valence-electron chi connectivity index (χ4n) is 1.24. The first-order valence-corrected chi connectivity index (χ1v) is 4.59. The van der Waals surface area contributed by atoms with Crippen molar-refractivity contribution in [2.24, 2.45) is 5.92 Å². The summed E-state index contributed by atoms with van der Waals surface area (Å²) >= 11 is 0. The van der Waals surface area contributed by atoms with Gasteiger partial charge in [0.05, 0.1) is 6.61 Å². The highest BCUT2D eigenvalue weighted by atomic mass is 16.6. The van der Waals surface area contributed by atoms with E-state index >= 15 is 0 Å². The summed E-state index contributed by atoms with van der Waals surface area (Å²) in [5.41, 5.74) is 0.291. The summed E-state index contributed by atoms with van der Waals surface area (Å²) in [5.74, 6) is -1.01. The number of carbonyl (C=O) groups is 2. The Morgan fingerprint density at radius 2 is 2.36 bits per heavy atom. The summed E-state index contributed by atoms with van der Waals surface area (Å²) < 4.78 is 9.78. The summed E-state index contributed by atoms with van der Waals surface area (Å²) in [6.07, 6.45) is 0.00377. The van der Waals surface area contributed by atoms with Crippen LogP contribution in [0, 0.1) is 5.92 Å². The van der Waals surface area contributed by atoms with E-state index in [2.05, 4.69) is 6.58 Å². The van der Waals surface area contributed by atoms with E-state index in [-0.39, 0.29) is 5.92 Å². The Hall–Kier alpha value is -1.32. The molecule has 4 heteroatoms. The normalized spacial score (nSPS) is 25.7. The Balaban J connectivity index is 2.61. The third kappa shape index (κ3) is 2.13. The van der Waals surface area contributed by atoms with Crippen LogP contribution in [0.5, 0.6) is 0 Å². The summed E-state index contributed by atoms with van der Waals surface area (Å²) in [5, 5.41) is 0. The van der Waals surface area contributed by atoms with Gasteiger partial charge in [0, 0.05) is 11.5 Å². The molecule has 1 heterocycles. The SMILES string of the molecule is C=C(C)C(=O)OC1C(=O)OCC1CC. The molecule has 0 aromatic rings. The average Bonchev–Trinajstić information content (AvgIpc) is 2.47. The zero-order valence-electron chi connectivity index (χ0n) is 8.41. The number of cyclic esters (lactones) is 1. The molecule has 0 amide bonds. The van der Waals surface area contributed by atoms with E-state index in [1.165, 1.54) is 0 Å². The van der Waals surface area contributed by atoms with E-state index in [0.717, 1.165) is 6.42 Å². The van der Waals surface area contributed by atoms with E-state index < -0.39 is 18.0 Å². The van der Waals surface area contributed by atoms with Crippen molar-refractivity contribution in [3.8, 4) is 0 Å². The van der Waals surface area contributed by atoms with Gasteiger partial charge in [-0.2, -0.15) is 0 Å². The lowest BCUT2D eigenvalue weighted by molar-refractivity contribution is -0.158. The molecule has 1 aliphatic rings. The number of ether oxygens (including phenoxy) is 2. The van der Waals surface area contributed by atoms with Crippen LogP contribution in [0.15, 0.2) is 12.2 Å². The number of carbonyl (C=O) groups excluding carboxylic acids is 2. The first kappa shape index (κ1) is 10.8. The third-order valence-electron chi connectivity index (χ3n) is 2.21. The van der Waals surface area contributed by atoms with Crippen LogP contribution in [-0.4, -0.2) is 24.6 Å². The van der Waals surface area contributed by atoms with Gasteiger partial charge in [-0.25, -0.2) is 9.59 Å². The fraction of sp³-hybridized carbons (Fsp3) is 0.600. The van der Waals surface area contributed by atoms with Crippen molar-refractivity contribution in [3.05, 3.63) is 12.2 Å². The van der Waals surface area contributed by atoms with E-state index in [4.69, 9.17) is 9.47 Å². The average molecular weight is 198 g/mol. The van der Waals surface area contributed by atoms with Gasteiger partial charge in [0.15, 0.2) is 0 Å². The van der Waals surface area contributed by atoms with E-state index in [9.17, 15) is 9.59 Å². The van der Waals surface area contributed by atoms with Crippen LogP contribution in [0.3, 0.4) is 0 Å². The van der Waals surface area contributed by atoms with Crippen LogP contribution in [0.4, 0.5) is 0 Å². The van der Waals surface area contributed by atoms with Gasteiger partial charge in [-0.05, 0) is 13.3 Å². The first-order chi connectivity index (χ1) is 6.56. The molecule has 0 saturated carbocycles. The topological polar surface area (TPSA) is 52.6 Å². The summed E-state index contributed by atoms with van der Waals surface area (Å²) in [6, 6.07) is 0. The monoisotopic (exact) mass is 198 g/mol. The molecule has 14 heavy (non-hydrogen) atoms. The molecule has 1 fully saturated rings. The zero-order valence-corrected chi connectivity index (χ0v) is 8.41. The standard InChI is InChI=1S/C10H14O4/c1-4-7-5-13-10(12)8(7)14-9(11)6(2)3/h7-8H,2,4-5H2,1,3H3. The fourth-order valence-corrected chi connectivity index (χ4v) is 1.24. The predicted molar refractivity (Wildman–Crippen MR) is 49.4 cm³/mol. The molecule has 0 aromatic carbocycles. The summed E-state index contributed by atoms with van der Waals surface area (Å²) in [7, 11) is 0. The van der Waals surface area contributed by atoms with Crippen molar-refractivity contribution in [2.45, 2.75) is 26.4 Å². The molecule has 0 radical (unpaired) electrons. The van der Waals surface area contributed by atoms with Crippen LogP contribution in [0.25, 0.3) is 0 Å². The number of rotatable bonds is 3. The second-order valence-corrected chi connectivity index (χ2v) is 3.40. The Morgan fingerprint density at radius 1 is 1.71 bits per heavy atom. The largest absolute Gasteiger partial charge is 0.462 e. The molecule has 1 saturated heterocycles. The van der Waals surface area contributed by atoms with Crippen molar-refractivity contribution in [2.75, 3.05) is 6.61 Å². The molecule has 2 atom stereocenters. The van der Waals surface area contributed by atoms with Crippen LogP contribution in [0.2, 0.25) is 0 Å². The highest BCUT2D eigenvalue weighted by Crippen LogP contribution is 2.22. The van der Waals surface area contributed by atoms with Crippen molar-refractivity contribution in [1.29, 1.82) is 0 Å². The lowest BCUT2D eigenvalue weighted by Crippen LogP contribution is -2.28. The maximum Gasteiger partial charge on any atom is 0.347 e. The molecule has 0 bridgehead atoms. The Bertz CT molecular complexity index is 269. The van der Waals surface area contributed by atoms with Gasteiger partial charge in [0.25, 0.3) is 0 Å². The summed E-state index contributed by atoms with van der Waals surface area (Å²) in [6.45, 7) is 7.25. The molecular formula is C10H14O4. The molecule has 4 nitrogen and oxygen atoms in total. The molecule has 2 unspecified atom stereocenters. The molecule has 78 valence electrons. The van der Waals surface area contributed by atoms with Gasteiger partial charge in [0.2, 0.25) is 6.10 Å². The minimum absolute atomic E-state index is 0.0224. The zero-order chi connectivity index (χ0) is 10.7. The van der Waals surface area contributed by atoms with Crippen LogP contribution < -0.4 is 0 Å². The molecule has 1 rings (SSSR count). The lowest BCUT2D eigenvalue weighted by atomic mass is 10.0. The molecule has 1 aliphatic heterocycles. The van der Waals surface area contributed by atoms with Gasteiger partial charge >= 0.3 is 11.9 Å². The minimum Gasteiger partial charge on any atom is -0.462 e. The van der Waals surface area contributed by atoms with Gasteiger partial charge in [-0.3, -0.25) is 0 Å². The van der Waals surface area contributed by atoms with E-state index in [0.29, 0.717) is 12.2 Å². The Morgan fingerprint density at radius 3 is 2.86 bits per heavy atom. The Kier molecular flexibility index (Phi) is 3.28. The number of hydrogen-bond donors (Lipinski definition) is 0. The van der Waals surface area contributed by atoms with Gasteiger partial charge in [-0.1, -0.05) is 13.5 Å². The molecule has 0 spiro atoms. The Labute approximate surface area is 82.9 Å². The van der Waals surface area contributed by atoms with Gasteiger partial charge in [-0.15, -0.1) is 0 Å².